The molecule has 10 nitrogen and oxygen atoms in total. The standard InChI is InChI=1S/C14H17BrO3.C11H11BrO3.C4H7BrO2.CO2/c1-4-5-14(13(16)17-3)8-11-9(2)6-10(15)7-12(11)18-14;1-6-3-7(12)4-9-8(6)5-10(15-9)11(13)14-2;1-7-4(6)2-3-5;2-1-3/h6-7H,4-5,8H2,1-3H3;3-4,10H,5H2,1-2H3;2-3H2,1H3;. The van der Waals surface area contributed by atoms with Gasteiger partial charge in [0, 0.05) is 38.2 Å². The number of alkyl halides is 1. The van der Waals surface area contributed by atoms with E-state index in [-0.39, 0.29) is 24.1 Å². The Hall–Kier alpha value is -2.73. The molecule has 2 aliphatic rings. The van der Waals surface area contributed by atoms with E-state index in [1.807, 2.05) is 45.0 Å². The van der Waals surface area contributed by atoms with E-state index in [9.17, 15) is 14.4 Å². The number of fused-ring (bicyclic) bond motifs is 2. The zero-order valence-electron chi connectivity index (χ0n) is 24.8. The van der Waals surface area contributed by atoms with Gasteiger partial charge < -0.3 is 23.7 Å². The maximum absolute atomic E-state index is 12.0. The third-order valence-corrected chi connectivity index (χ3v) is 7.73. The maximum atomic E-state index is 12.0. The first-order valence-electron chi connectivity index (χ1n) is 13.1. The Kier molecular flexibility index (Phi) is 16.8. The van der Waals surface area contributed by atoms with Crippen LogP contribution in [-0.4, -0.2) is 62.4 Å². The Morgan fingerprint density at radius 2 is 1.49 bits per heavy atom. The summed E-state index contributed by atoms with van der Waals surface area (Å²) in [5, 5.41) is 0.680. The van der Waals surface area contributed by atoms with E-state index in [0.717, 1.165) is 49.1 Å². The number of carbonyl (C=O) groups excluding carboxylic acids is 5. The number of ether oxygens (including phenoxy) is 5. The van der Waals surface area contributed by atoms with Crippen LogP contribution in [0.3, 0.4) is 0 Å². The molecule has 2 unspecified atom stereocenters. The van der Waals surface area contributed by atoms with Gasteiger partial charge in [-0.05, 0) is 55.7 Å². The van der Waals surface area contributed by atoms with Crippen LogP contribution in [0.5, 0.6) is 11.5 Å². The van der Waals surface area contributed by atoms with Crippen molar-refractivity contribution in [2.75, 3.05) is 26.7 Å². The number of methoxy groups -OCH3 is 3. The highest BCUT2D eigenvalue weighted by molar-refractivity contribution is 9.10. The van der Waals surface area contributed by atoms with E-state index in [4.69, 9.17) is 23.8 Å². The molecule has 2 aromatic rings. The van der Waals surface area contributed by atoms with Crippen LogP contribution in [-0.2, 0) is 51.0 Å². The monoisotopic (exact) mass is 792 g/mol. The number of aryl methyl sites for hydroxylation is 2. The summed E-state index contributed by atoms with van der Waals surface area (Å²) in [4.78, 5) is 49.8. The molecule has 0 N–H and O–H groups in total. The largest absolute Gasteiger partial charge is 0.478 e. The molecule has 0 spiro atoms. The van der Waals surface area contributed by atoms with Gasteiger partial charge in [-0.15, -0.1) is 0 Å². The maximum Gasteiger partial charge on any atom is 0.373 e. The number of hydrogen-bond acceptors (Lipinski definition) is 10. The van der Waals surface area contributed by atoms with Crippen LogP contribution in [0.4, 0.5) is 0 Å². The van der Waals surface area contributed by atoms with Gasteiger partial charge in [0.2, 0.25) is 5.60 Å². The summed E-state index contributed by atoms with van der Waals surface area (Å²) in [6.45, 7) is 6.08. The number of rotatable bonds is 6. The normalized spacial score (nSPS) is 16.8. The van der Waals surface area contributed by atoms with Crippen molar-refractivity contribution in [3.05, 3.63) is 55.5 Å². The molecule has 0 fully saturated rings. The van der Waals surface area contributed by atoms with Crippen molar-refractivity contribution in [1.82, 2.24) is 0 Å². The molecule has 43 heavy (non-hydrogen) atoms. The second kappa shape index (κ2) is 18.8. The lowest BCUT2D eigenvalue weighted by Gasteiger charge is -2.25. The lowest BCUT2D eigenvalue weighted by molar-refractivity contribution is -0.191. The average molecular weight is 795 g/mol. The van der Waals surface area contributed by atoms with Gasteiger partial charge in [-0.2, -0.15) is 9.59 Å². The third-order valence-electron chi connectivity index (χ3n) is 6.42. The molecule has 4 rings (SSSR count). The first kappa shape index (κ1) is 38.3. The second-order valence-corrected chi connectivity index (χ2v) is 12.0. The molecule has 2 aliphatic heterocycles. The van der Waals surface area contributed by atoms with Crippen LogP contribution in [0.15, 0.2) is 33.2 Å². The zero-order valence-corrected chi connectivity index (χ0v) is 29.6. The fourth-order valence-electron chi connectivity index (χ4n) is 4.47. The molecule has 0 amide bonds. The van der Waals surface area contributed by atoms with Crippen LogP contribution in [0.2, 0.25) is 0 Å². The van der Waals surface area contributed by atoms with Gasteiger partial charge in [0.1, 0.15) is 11.5 Å². The highest BCUT2D eigenvalue weighted by Crippen LogP contribution is 2.42. The molecule has 13 heteroatoms. The molecule has 0 aliphatic carbocycles. The molecule has 0 bridgehead atoms. The van der Waals surface area contributed by atoms with E-state index >= 15 is 0 Å². The Morgan fingerprint density at radius 1 is 0.930 bits per heavy atom. The zero-order chi connectivity index (χ0) is 32.7. The summed E-state index contributed by atoms with van der Waals surface area (Å²) >= 11 is 9.93. The minimum absolute atomic E-state index is 0.170. The van der Waals surface area contributed by atoms with Gasteiger partial charge in [-0.3, -0.25) is 4.79 Å². The van der Waals surface area contributed by atoms with Crippen molar-refractivity contribution in [1.29, 1.82) is 0 Å². The number of benzene rings is 2. The van der Waals surface area contributed by atoms with Crippen molar-refractivity contribution < 1.29 is 47.7 Å². The Balaban J connectivity index is 0.000000333. The average Bonchev–Trinajstić information content (AvgIpc) is 3.56. The summed E-state index contributed by atoms with van der Waals surface area (Å²) in [6, 6.07) is 7.86. The van der Waals surface area contributed by atoms with Crippen LogP contribution in [0.1, 0.15) is 48.4 Å². The van der Waals surface area contributed by atoms with Crippen molar-refractivity contribution in [3.63, 3.8) is 0 Å². The van der Waals surface area contributed by atoms with Crippen LogP contribution in [0.25, 0.3) is 0 Å². The second-order valence-electron chi connectivity index (χ2n) is 9.35. The lowest BCUT2D eigenvalue weighted by atomic mass is 9.91. The molecular weight excluding hydrogens is 760 g/mol. The highest BCUT2D eigenvalue weighted by atomic mass is 79.9. The SMILES string of the molecule is CCCC1(C(=O)OC)Cc2c(C)cc(Br)cc2O1.COC(=O)C1Cc2c(C)cc(Br)cc2O1.COC(=O)CCBr.O=C=O. The van der Waals surface area contributed by atoms with Gasteiger partial charge in [0.25, 0.3) is 0 Å². The molecule has 0 saturated heterocycles. The lowest BCUT2D eigenvalue weighted by Crippen LogP contribution is -2.44. The van der Waals surface area contributed by atoms with Gasteiger partial charge in [0.05, 0.1) is 27.8 Å². The molecular formula is C30H35Br3O10. The fraction of sp³-hybridized carbons (Fsp3) is 0.467. The predicted octanol–water partition coefficient (Wildman–Crippen LogP) is 6.00. The summed E-state index contributed by atoms with van der Waals surface area (Å²) in [5.41, 5.74) is 3.63. The van der Waals surface area contributed by atoms with Crippen molar-refractivity contribution >= 4 is 71.8 Å². The van der Waals surface area contributed by atoms with Crippen LogP contribution >= 0.6 is 47.8 Å². The van der Waals surface area contributed by atoms with Crippen LogP contribution < -0.4 is 9.47 Å². The van der Waals surface area contributed by atoms with Crippen molar-refractivity contribution in [2.45, 2.75) is 64.6 Å². The summed E-state index contributed by atoms with van der Waals surface area (Å²) in [6.07, 6.45) is 2.96. The molecule has 2 heterocycles. The Bertz CT molecular complexity index is 1310. The molecule has 2 atom stereocenters. The summed E-state index contributed by atoms with van der Waals surface area (Å²) < 4.78 is 27.3. The number of hydrogen-bond donors (Lipinski definition) is 0. The molecule has 0 aromatic heterocycles. The number of esters is 3. The summed E-state index contributed by atoms with van der Waals surface area (Å²) in [7, 11) is 4.16. The van der Waals surface area contributed by atoms with Crippen molar-refractivity contribution in [2.24, 2.45) is 0 Å². The van der Waals surface area contributed by atoms with E-state index in [0.29, 0.717) is 31.0 Å². The number of carbonyl (C=O) groups is 3. The molecule has 236 valence electrons. The third kappa shape index (κ3) is 11.0. The smallest absolute Gasteiger partial charge is 0.373 e. The van der Waals surface area contributed by atoms with E-state index in [2.05, 4.69) is 57.3 Å². The van der Waals surface area contributed by atoms with Gasteiger partial charge in [-0.1, -0.05) is 61.1 Å². The van der Waals surface area contributed by atoms with Gasteiger partial charge in [-0.25, -0.2) is 9.59 Å². The highest BCUT2D eigenvalue weighted by Gasteiger charge is 2.47. The van der Waals surface area contributed by atoms with E-state index < -0.39 is 11.7 Å². The fourth-order valence-corrected chi connectivity index (χ4v) is 5.89. The minimum Gasteiger partial charge on any atom is -0.478 e. The predicted molar refractivity (Wildman–Crippen MR) is 167 cm³/mol. The summed E-state index contributed by atoms with van der Waals surface area (Å²) in [5.74, 6) is 0.799. The Labute approximate surface area is 276 Å². The van der Waals surface area contributed by atoms with E-state index in [1.165, 1.54) is 21.3 Å². The quantitative estimate of drug-likeness (QED) is 0.195. The Morgan fingerprint density at radius 3 is 1.95 bits per heavy atom. The van der Waals surface area contributed by atoms with Crippen LogP contribution in [0, 0.1) is 13.8 Å². The number of halogens is 3. The molecule has 0 saturated carbocycles. The van der Waals surface area contributed by atoms with Crippen molar-refractivity contribution in [3.8, 4) is 11.5 Å². The van der Waals surface area contributed by atoms with Gasteiger partial charge >= 0.3 is 24.1 Å². The topological polar surface area (TPSA) is 132 Å². The molecule has 0 radical (unpaired) electrons. The first-order chi connectivity index (χ1) is 20.4. The molecule has 2 aromatic carbocycles. The van der Waals surface area contributed by atoms with Gasteiger partial charge in [0.15, 0.2) is 6.10 Å². The first-order valence-corrected chi connectivity index (χ1v) is 15.8. The minimum atomic E-state index is -0.836. The van der Waals surface area contributed by atoms with E-state index in [1.54, 1.807) is 0 Å².